The Kier molecular flexibility index (Phi) is 6.35. The first-order valence-corrected chi connectivity index (χ1v) is 8.20. The zero-order valence-electron chi connectivity index (χ0n) is 13.6. The lowest BCUT2D eigenvalue weighted by molar-refractivity contribution is -0.175. The Balaban J connectivity index is 2.42. The molecule has 0 bridgehead atoms. The number of carbonyl (C=O) groups excluding carboxylic acids is 1. The lowest BCUT2D eigenvalue weighted by Gasteiger charge is -2.21. The van der Waals surface area contributed by atoms with Crippen LogP contribution in [0.4, 0.5) is 0 Å². The van der Waals surface area contributed by atoms with Crippen LogP contribution in [-0.4, -0.2) is 41.3 Å². The van der Waals surface area contributed by atoms with E-state index >= 15 is 0 Å². The van der Waals surface area contributed by atoms with E-state index in [0.29, 0.717) is 16.3 Å². The Morgan fingerprint density at radius 3 is 2.56 bits per heavy atom. The standard InChI is InChI=1S/C16H15Cl3N2O4/c1-8(16(23)21(2)24-3)25-15-11(18)5-4-10(14(15)22)13-12(19)6-9(17)7-20-13/h4-8,22H,1-3H3. The summed E-state index contributed by atoms with van der Waals surface area (Å²) in [4.78, 5) is 21.0. The van der Waals surface area contributed by atoms with Crippen molar-refractivity contribution in [1.82, 2.24) is 10.0 Å². The van der Waals surface area contributed by atoms with Gasteiger partial charge in [-0.3, -0.25) is 14.6 Å². The van der Waals surface area contributed by atoms with Crippen molar-refractivity contribution in [3.8, 4) is 22.8 Å². The zero-order chi connectivity index (χ0) is 18.7. The number of hydrogen-bond donors (Lipinski definition) is 1. The van der Waals surface area contributed by atoms with Gasteiger partial charge in [-0.25, -0.2) is 5.06 Å². The summed E-state index contributed by atoms with van der Waals surface area (Å²) in [6, 6.07) is 4.55. The molecule has 1 amide bonds. The molecule has 0 spiro atoms. The van der Waals surface area contributed by atoms with E-state index in [1.807, 2.05) is 0 Å². The van der Waals surface area contributed by atoms with E-state index in [1.165, 1.54) is 39.4 Å². The Labute approximate surface area is 159 Å². The molecule has 0 saturated carbocycles. The van der Waals surface area contributed by atoms with Gasteiger partial charge in [0, 0.05) is 18.8 Å². The normalized spacial score (nSPS) is 11.9. The molecule has 1 aromatic heterocycles. The second-order valence-corrected chi connectivity index (χ2v) is 6.29. The molecule has 1 unspecified atom stereocenters. The van der Waals surface area contributed by atoms with E-state index in [-0.39, 0.29) is 21.5 Å². The SMILES string of the molecule is CON(C)C(=O)C(C)Oc1c(Cl)ccc(-c2ncc(Cl)cc2Cl)c1O. The maximum atomic E-state index is 12.1. The number of carbonyl (C=O) groups is 1. The largest absolute Gasteiger partial charge is 0.504 e. The molecule has 0 radical (unpaired) electrons. The van der Waals surface area contributed by atoms with Crippen molar-refractivity contribution in [3.63, 3.8) is 0 Å². The lowest BCUT2D eigenvalue weighted by Crippen LogP contribution is -2.37. The van der Waals surface area contributed by atoms with Gasteiger partial charge in [0.05, 0.1) is 27.9 Å². The van der Waals surface area contributed by atoms with Gasteiger partial charge >= 0.3 is 0 Å². The molecule has 0 fully saturated rings. The van der Waals surface area contributed by atoms with Gasteiger partial charge in [-0.1, -0.05) is 34.8 Å². The van der Waals surface area contributed by atoms with Gasteiger partial charge in [-0.05, 0) is 25.1 Å². The molecule has 134 valence electrons. The molecule has 1 atom stereocenters. The van der Waals surface area contributed by atoms with Crippen LogP contribution in [-0.2, 0) is 9.63 Å². The van der Waals surface area contributed by atoms with Crippen LogP contribution < -0.4 is 4.74 Å². The van der Waals surface area contributed by atoms with Crippen LogP contribution in [0.1, 0.15) is 6.92 Å². The first-order chi connectivity index (χ1) is 11.8. The van der Waals surface area contributed by atoms with E-state index in [2.05, 4.69) is 4.98 Å². The number of benzene rings is 1. The number of ether oxygens (including phenoxy) is 1. The van der Waals surface area contributed by atoms with Crippen LogP contribution >= 0.6 is 34.8 Å². The van der Waals surface area contributed by atoms with Gasteiger partial charge in [0.2, 0.25) is 0 Å². The molecular weight excluding hydrogens is 391 g/mol. The van der Waals surface area contributed by atoms with E-state index in [9.17, 15) is 9.90 Å². The van der Waals surface area contributed by atoms with Crippen LogP contribution in [0.15, 0.2) is 24.4 Å². The fourth-order valence-electron chi connectivity index (χ4n) is 2.04. The van der Waals surface area contributed by atoms with E-state index < -0.39 is 12.0 Å². The number of aromatic hydroxyl groups is 1. The van der Waals surface area contributed by atoms with Crippen LogP contribution in [0.2, 0.25) is 15.1 Å². The van der Waals surface area contributed by atoms with Crippen molar-refractivity contribution in [2.75, 3.05) is 14.2 Å². The second-order valence-electron chi connectivity index (χ2n) is 5.04. The first kappa shape index (κ1) is 19.6. The number of hydroxylamine groups is 2. The molecule has 0 aliphatic heterocycles. The zero-order valence-corrected chi connectivity index (χ0v) is 15.9. The number of amides is 1. The predicted molar refractivity (Wildman–Crippen MR) is 96.2 cm³/mol. The highest BCUT2D eigenvalue weighted by molar-refractivity contribution is 6.36. The Morgan fingerprint density at radius 2 is 1.96 bits per heavy atom. The van der Waals surface area contributed by atoms with Crippen molar-refractivity contribution in [2.45, 2.75) is 13.0 Å². The summed E-state index contributed by atoms with van der Waals surface area (Å²) in [5.74, 6) is -0.799. The quantitative estimate of drug-likeness (QED) is 0.755. The average molecular weight is 406 g/mol. The number of pyridine rings is 1. The van der Waals surface area contributed by atoms with Crippen molar-refractivity contribution in [2.24, 2.45) is 0 Å². The van der Waals surface area contributed by atoms with Crippen molar-refractivity contribution < 1.29 is 19.5 Å². The molecule has 25 heavy (non-hydrogen) atoms. The monoisotopic (exact) mass is 404 g/mol. The van der Waals surface area contributed by atoms with Gasteiger partial charge in [-0.15, -0.1) is 0 Å². The number of hydrogen-bond acceptors (Lipinski definition) is 5. The first-order valence-electron chi connectivity index (χ1n) is 7.07. The van der Waals surface area contributed by atoms with Crippen molar-refractivity contribution in [1.29, 1.82) is 0 Å². The fourth-order valence-corrected chi connectivity index (χ4v) is 2.71. The Hall–Kier alpha value is -1.73. The number of phenols is 1. The summed E-state index contributed by atoms with van der Waals surface area (Å²) < 4.78 is 5.54. The van der Waals surface area contributed by atoms with Gasteiger partial charge < -0.3 is 9.84 Å². The van der Waals surface area contributed by atoms with Crippen LogP contribution in [0.25, 0.3) is 11.3 Å². The van der Waals surface area contributed by atoms with E-state index in [1.54, 1.807) is 6.07 Å². The molecule has 6 nitrogen and oxygen atoms in total. The minimum atomic E-state index is -0.947. The summed E-state index contributed by atoms with van der Waals surface area (Å²) in [7, 11) is 2.79. The molecule has 2 rings (SSSR count). The molecular formula is C16H15Cl3N2O4. The summed E-state index contributed by atoms with van der Waals surface area (Å²) in [5, 5.41) is 12.3. The number of likely N-dealkylation sites (N-methyl/N-ethyl adjacent to an activating group) is 1. The Bertz CT molecular complexity index is 801. The van der Waals surface area contributed by atoms with Gasteiger partial charge in [0.1, 0.15) is 0 Å². The number of phenolic OH excluding ortho intramolecular Hbond substituents is 1. The van der Waals surface area contributed by atoms with Crippen LogP contribution in [0, 0.1) is 0 Å². The Morgan fingerprint density at radius 1 is 1.28 bits per heavy atom. The minimum absolute atomic E-state index is 0.0580. The minimum Gasteiger partial charge on any atom is -0.504 e. The average Bonchev–Trinajstić information content (AvgIpc) is 2.58. The lowest BCUT2D eigenvalue weighted by atomic mass is 10.1. The van der Waals surface area contributed by atoms with Gasteiger partial charge in [0.15, 0.2) is 17.6 Å². The third-order valence-electron chi connectivity index (χ3n) is 3.37. The third kappa shape index (κ3) is 4.27. The topological polar surface area (TPSA) is 71.9 Å². The van der Waals surface area contributed by atoms with Crippen molar-refractivity contribution >= 4 is 40.7 Å². The predicted octanol–water partition coefficient (Wildman–Crippen LogP) is 4.20. The number of nitrogens with zero attached hydrogens (tertiary/aromatic N) is 2. The maximum Gasteiger partial charge on any atom is 0.286 e. The van der Waals surface area contributed by atoms with Gasteiger partial charge in [-0.2, -0.15) is 0 Å². The molecule has 2 aromatic rings. The van der Waals surface area contributed by atoms with Crippen LogP contribution in [0.5, 0.6) is 11.5 Å². The molecule has 0 aliphatic rings. The molecule has 1 aromatic carbocycles. The molecule has 1 N–H and O–H groups in total. The molecule has 0 aliphatic carbocycles. The highest BCUT2D eigenvalue weighted by Gasteiger charge is 2.24. The molecule has 9 heteroatoms. The molecule has 1 heterocycles. The number of rotatable bonds is 5. The highest BCUT2D eigenvalue weighted by atomic mass is 35.5. The molecule has 0 saturated heterocycles. The van der Waals surface area contributed by atoms with E-state index in [4.69, 9.17) is 44.4 Å². The highest BCUT2D eigenvalue weighted by Crippen LogP contribution is 2.43. The summed E-state index contributed by atoms with van der Waals surface area (Å²) in [6.07, 6.45) is 0.453. The fraction of sp³-hybridized carbons (Fsp3) is 0.250. The van der Waals surface area contributed by atoms with Crippen molar-refractivity contribution in [3.05, 3.63) is 39.5 Å². The maximum absolute atomic E-state index is 12.1. The summed E-state index contributed by atoms with van der Waals surface area (Å²) in [6.45, 7) is 1.51. The second kappa shape index (κ2) is 8.10. The third-order valence-corrected chi connectivity index (χ3v) is 4.17. The summed E-state index contributed by atoms with van der Waals surface area (Å²) in [5.41, 5.74) is 0.596. The number of halogens is 3. The van der Waals surface area contributed by atoms with E-state index in [0.717, 1.165) is 5.06 Å². The van der Waals surface area contributed by atoms with Crippen LogP contribution in [0.3, 0.4) is 0 Å². The summed E-state index contributed by atoms with van der Waals surface area (Å²) >= 11 is 18.1. The smallest absolute Gasteiger partial charge is 0.286 e. The number of aromatic nitrogens is 1. The van der Waals surface area contributed by atoms with Gasteiger partial charge in [0.25, 0.3) is 5.91 Å².